The number of aliphatic carboxylic acids is 1. The smallest absolute Gasteiger partial charge is 0.303 e. The molecule has 1 N–H and O–H groups in total. The second kappa shape index (κ2) is 15.0. The Labute approximate surface area is 111 Å². The molecule has 16 heavy (non-hydrogen) atoms. The number of rotatable bonds is 11. The quantitative estimate of drug-likeness (QED) is 0.449. The normalized spacial score (nSPS) is 9.81. The van der Waals surface area contributed by atoms with Crippen LogP contribution in [0.2, 0.25) is 0 Å². The third-order valence-electron chi connectivity index (χ3n) is 2.74. The van der Waals surface area contributed by atoms with Gasteiger partial charge in [-0.25, -0.2) is 0 Å². The van der Waals surface area contributed by atoms with Gasteiger partial charge in [0.15, 0.2) is 0 Å². The fourth-order valence-corrected chi connectivity index (χ4v) is 1.76. The summed E-state index contributed by atoms with van der Waals surface area (Å²) in [5, 5.41) is 8.44. The topological polar surface area (TPSA) is 37.3 Å². The van der Waals surface area contributed by atoms with Gasteiger partial charge < -0.3 is 5.11 Å². The Morgan fingerprint density at radius 3 is 1.56 bits per heavy atom. The average molecular weight is 278 g/mol. The zero-order valence-corrected chi connectivity index (χ0v) is 11.4. The second-order valence-corrected chi connectivity index (χ2v) is 4.33. The van der Waals surface area contributed by atoms with Gasteiger partial charge in [-0.1, -0.05) is 64.7 Å². The van der Waals surface area contributed by atoms with E-state index in [2.05, 4.69) is 6.92 Å². The van der Waals surface area contributed by atoms with Crippen molar-refractivity contribution < 1.29 is 27.0 Å². The summed E-state index contributed by atoms with van der Waals surface area (Å²) in [6.45, 7) is 2.24. The number of carbonyl (C=O) groups is 1. The molecule has 2 nitrogen and oxygen atoms in total. The Balaban J connectivity index is 0. The summed E-state index contributed by atoms with van der Waals surface area (Å²) in [6, 6.07) is 0. The summed E-state index contributed by atoms with van der Waals surface area (Å²) in [5.41, 5.74) is 0. The number of hydrogen-bond acceptors (Lipinski definition) is 1. The molecule has 3 heteroatoms. The first-order valence-electron chi connectivity index (χ1n) is 6.49. The van der Waals surface area contributed by atoms with Crippen LogP contribution >= 0.6 is 0 Å². The van der Waals surface area contributed by atoms with Crippen LogP contribution in [0.4, 0.5) is 0 Å². The van der Waals surface area contributed by atoms with Crippen molar-refractivity contribution >= 4 is 5.97 Å². The van der Waals surface area contributed by atoms with Crippen LogP contribution in [0, 0.1) is 0 Å². The molecule has 101 valence electrons. The molecule has 0 aromatic heterocycles. The molecule has 0 fully saturated rings. The van der Waals surface area contributed by atoms with Gasteiger partial charge in [0.1, 0.15) is 0 Å². The van der Waals surface area contributed by atoms with Crippen LogP contribution in [0.1, 0.15) is 77.6 Å². The van der Waals surface area contributed by atoms with Crippen molar-refractivity contribution in [3.8, 4) is 0 Å². The molecular formula is C13H26CuO2. The van der Waals surface area contributed by atoms with E-state index in [1.807, 2.05) is 0 Å². The van der Waals surface area contributed by atoms with Crippen molar-refractivity contribution in [2.45, 2.75) is 77.6 Å². The standard InChI is InChI=1S/C13H26O2.Cu/c1-2-3-4-5-6-7-8-9-10-11-12-13(14)15;/h2-12H2,1H3,(H,14,15);. The van der Waals surface area contributed by atoms with Crippen LogP contribution in [0.15, 0.2) is 0 Å². The maximum Gasteiger partial charge on any atom is 0.303 e. The molecule has 0 saturated heterocycles. The van der Waals surface area contributed by atoms with Crippen LogP contribution in [0.25, 0.3) is 0 Å². The van der Waals surface area contributed by atoms with E-state index < -0.39 is 5.97 Å². The Bertz CT molecular complexity index is 149. The largest absolute Gasteiger partial charge is 0.481 e. The predicted molar refractivity (Wildman–Crippen MR) is 64.1 cm³/mol. The molecule has 0 amide bonds. The third kappa shape index (κ3) is 16.4. The van der Waals surface area contributed by atoms with Crippen molar-refractivity contribution in [3.63, 3.8) is 0 Å². The zero-order chi connectivity index (χ0) is 11.4. The minimum atomic E-state index is -0.658. The minimum Gasteiger partial charge on any atom is -0.481 e. The van der Waals surface area contributed by atoms with Crippen LogP contribution in [-0.4, -0.2) is 11.1 Å². The van der Waals surface area contributed by atoms with Gasteiger partial charge in [0.2, 0.25) is 0 Å². The summed E-state index contributed by atoms with van der Waals surface area (Å²) in [6.07, 6.45) is 12.9. The fraction of sp³-hybridized carbons (Fsp3) is 0.923. The van der Waals surface area contributed by atoms with Gasteiger partial charge in [-0.3, -0.25) is 4.79 Å². The first-order chi connectivity index (χ1) is 7.27. The van der Waals surface area contributed by atoms with E-state index in [1.54, 1.807) is 0 Å². The van der Waals surface area contributed by atoms with Crippen molar-refractivity contribution in [2.24, 2.45) is 0 Å². The maximum absolute atomic E-state index is 10.2. The van der Waals surface area contributed by atoms with Gasteiger partial charge >= 0.3 is 5.97 Å². The molecule has 0 heterocycles. The van der Waals surface area contributed by atoms with Gasteiger partial charge in [0, 0.05) is 23.5 Å². The molecule has 0 bridgehead atoms. The number of hydrogen-bond donors (Lipinski definition) is 1. The molecule has 0 aromatic rings. The van der Waals surface area contributed by atoms with E-state index in [4.69, 9.17) is 5.11 Å². The molecular weight excluding hydrogens is 252 g/mol. The molecule has 1 radical (unpaired) electrons. The Morgan fingerprint density at radius 1 is 0.812 bits per heavy atom. The Morgan fingerprint density at radius 2 is 1.19 bits per heavy atom. The van der Waals surface area contributed by atoms with Crippen molar-refractivity contribution in [2.75, 3.05) is 0 Å². The number of carboxylic acids is 1. The second-order valence-electron chi connectivity index (χ2n) is 4.33. The van der Waals surface area contributed by atoms with Gasteiger partial charge in [-0.2, -0.15) is 0 Å². The minimum absolute atomic E-state index is 0. The molecule has 0 unspecified atom stereocenters. The van der Waals surface area contributed by atoms with Gasteiger partial charge in [-0.05, 0) is 6.42 Å². The molecule has 0 rings (SSSR count). The summed E-state index contributed by atoms with van der Waals surface area (Å²) in [5.74, 6) is -0.658. The first kappa shape index (κ1) is 18.4. The van der Waals surface area contributed by atoms with Crippen LogP contribution in [-0.2, 0) is 21.9 Å². The molecule has 0 saturated carbocycles. The molecule has 0 aromatic carbocycles. The fourth-order valence-electron chi connectivity index (χ4n) is 1.76. The van der Waals surface area contributed by atoms with Crippen LogP contribution in [0.3, 0.4) is 0 Å². The summed E-state index contributed by atoms with van der Waals surface area (Å²) < 4.78 is 0. The van der Waals surface area contributed by atoms with Crippen molar-refractivity contribution in [3.05, 3.63) is 0 Å². The van der Waals surface area contributed by atoms with Crippen LogP contribution < -0.4 is 0 Å². The molecule has 0 atom stereocenters. The monoisotopic (exact) mass is 277 g/mol. The molecule has 0 aliphatic heterocycles. The van der Waals surface area contributed by atoms with Crippen molar-refractivity contribution in [1.82, 2.24) is 0 Å². The van der Waals surface area contributed by atoms with Gasteiger partial charge in [-0.15, -0.1) is 0 Å². The summed E-state index contributed by atoms with van der Waals surface area (Å²) in [7, 11) is 0. The van der Waals surface area contributed by atoms with E-state index >= 15 is 0 Å². The van der Waals surface area contributed by atoms with Gasteiger partial charge in [0.05, 0.1) is 0 Å². The van der Waals surface area contributed by atoms with Crippen molar-refractivity contribution in [1.29, 1.82) is 0 Å². The summed E-state index contributed by atoms with van der Waals surface area (Å²) >= 11 is 0. The number of unbranched alkanes of at least 4 members (excludes halogenated alkanes) is 9. The van der Waals surface area contributed by atoms with E-state index in [-0.39, 0.29) is 17.1 Å². The third-order valence-corrected chi connectivity index (χ3v) is 2.74. The zero-order valence-electron chi connectivity index (χ0n) is 10.4. The molecule has 0 spiro atoms. The van der Waals surface area contributed by atoms with E-state index in [1.165, 1.54) is 51.4 Å². The SMILES string of the molecule is CCCCCCCCCCCCC(=O)O.[Cu]. The van der Waals surface area contributed by atoms with E-state index in [0.717, 1.165) is 12.8 Å². The first-order valence-corrected chi connectivity index (χ1v) is 6.49. The maximum atomic E-state index is 10.2. The summed E-state index contributed by atoms with van der Waals surface area (Å²) in [4.78, 5) is 10.2. The van der Waals surface area contributed by atoms with E-state index in [9.17, 15) is 4.79 Å². The molecule has 0 aliphatic rings. The van der Waals surface area contributed by atoms with E-state index in [0.29, 0.717) is 6.42 Å². The molecule has 0 aliphatic carbocycles. The van der Waals surface area contributed by atoms with Crippen LogP contribution in [0.5, 0.6) is 0 Å². The van der Waals surface area contributed by atoms with Gasteiger partial charge in [0.25, 0.3) is 0 Å². The Hall–Kier alpha value is -0.0105. The average Bonchev–Trinajstić information content (AvgIpc) is 2.20. The number of carboxylic acid groups (broad SMARTS) is 1. The Kier molecular flexibility index (Phi) is 17.2. The predicted octanol–water partition coefficient (Wildman–Crippen LogP) is 4.38.